The van der Waals surface area contributed by atoms with Crippen molar-refractivity contribution in [2.24, 2.45) is 4.99 Å². The highest BCUT2D eigenvalue weighted by Crippen LogP contribution is 2.36. The van der Waals surface area contributed by atoms with E-state index >= 15 is 0 Å². The van der Waals surface area contributed by atoms with E-state index in [1.165, 1.54) is 23.1 Å². The zero-order chi connectivity index (χ0) is 20.5. The second-order valence-corrected chi connectivity index (χ2v) is 9.13. The minimum atomic E-state index is -0.131. The first kappa shape index (κ1) is 19.0. The highest BCUT2D eigenvalue weighted by Gasteiger charge is 2.33. The molecule has 148 valence electrons. The van der Waals surface area contributed by atoms with Crippen LogP contribution < -0.4 is 0 Å². The van der Waals surface area contributed by atoms with E-state index in [1.54, 1.807) is 34.6 Å². The van der Waals surface area contributed by atoms with Crippen LogP contribution >= 0.6 is 34.4 Å². The lowest BCUT2D eigenvalue weighted by atomic mass is 10.3. The Morgan fingerprint density at radius 3 is 2.93 bits per heavy atom. The van der Waals surface area contributed by atoms with Crippen molar-refractivity contribution in [2.45, 2.75) is 0 Å². The summed E-state index contributed by atoms with van der Waals surface area (Å²) >= 11 is 4.30. The molecule has 1 amide bonds. The molecule has 0 aliphatic carbocycles. The van der Waals surface area contributed by atoms with Crippen LogP contribution in [0, 0.1) is 0 Å². The maximum absolute atomic E-state index is 12.9. The third kappa shape index (κ3) is 3.62. The molecule has 4 aromatic rings. The van der Waals surface area contributed by atoms with Gasteiger partial charge in [-0.05, 0) is 36.0 Å². The van der Waals surface area contributed by atoms with Crippen LogP contribution in [0.15, 0.2) is 74.9 Å². The van der Waals surface area contributed by atoms with Crippen LogP contribution in [-0.2, 0) is 4.79 Å². The Bertz CT molecular complexity index is 1270. The second-order valence-electron chi connectivity index (χ2n) is 6.21. The molecule has 6 nitrogen and oxygen atoms in total. The number of para-hydroxylation sites is 1. The molecule has 1 aliphatic heterocycles. The van der Waals surface area contributed by atoms with Crippen molar-refractivity contribution in [3.63, 3.8) is 0 Å². The smallest absolute Gasteiger partial charge is 0.267 e. The number of carbonyl (C=O) groups excluding carboxylic acids is 1. The summed E-state index contributed by atoms with van der Waals surface area (Å²) in [5, 5.41) is 3.85. The number of carbonyl (C=O) groups is 1. The minimum Gasteiger partial charge on any atom is -0.454 e. The molecule has 3 aromatic heterocycles. The van der Waals surface area contributed by atoms with Gasteiger partial charge in [-0.1, -0.05) is 18.2 Å². The van der Waals surface area contributed by atoms with Gasteiger partial charge in [-0.25, -0.2) is 9.97 Å². The zero-order valence-corrected chi connectivity index (χ0v) is 18.0. The number of rotatable bonds is 5. The van der Waals surface area contributed by atoms with Crippen LogP contribution in [0.5, 0.6) is 0 Å². The number of furan rings is 1. The Morgan fingerprint density at radius 2 is 2.13 bits per heavy atom. The summed E-state index contributed by atoms with van der Waals surface area (Å²) in [6.45, 7) is 4.12. The van der Waals surface area contributed by atoms with Gasteiger partial charge in [-0.3, -0.25) is 9.69 Å². The minimum absolute atomic E-state index is 0.131. The monoisotopic (exact) mass is 450 g/mol. The quantitative estimate of drug-likeness (QED) is 0.284. The average Bonchev–Trinajstić information content (AvgIpc) is 3.53. The molecule has 0 spiro atoms. The maximum Gasteiger partial charge on any atom is 0.267 e. The van der Waals surface area contributed by atoms with Gasteiger partial charge in [0, 0.05) is 24.2 Å². The summed E-state index contributed by atoms with van der Waals surface area (Å²) < 4.78 is 7.07. The van der Waals surface area contributed by atoms with Crippen LogP contribution in [0.25, 0.3) is 27.1 Å². The number of aromatic nitrogens is 2. The fourth-order valence-corrected chi connectivity index (χ4v) is 5.35. The van der Waals surface area contributed by atoms with E-state index in [2.05, 4.69) is 21.5 Å². The molecule has 5 rings (SSSR count). The number of fused-ring (bicyclic) bond motifs is 1. The Morgan fingerprint density at radius 1 is 1.23 bits per heavy atom. The number of thiazole rings is 2. The summed E-state index contributed by atoms with van der Waals surface area (Å²) in [5.74, 6) is 1.14. The van der Waals surface area contributed by atoms with Crippen molar-refractivity contribution in [1.29, 1.82) is 0 Å². The van der Waals surface area contributed by atoms with E-state index in [0.29, 0.717) is 33.3 Å². The SMILES string of the molecule is C=CCN1C(=O)/C(=C/c2ccc(-c3nc4ccccc4s3)o2)S/C1=N/c1nccs1. The van der Waals surface area contributed by atoms with Crippen molar-refractivity contribution in [3.8, 4) is 10.8 Å². The molecule has 0 atom stereocenters. The number of aliphatic imine (C=N–C) groups is 1. The number of nitrogens with zero attached hydrogens (tertiary/aromatic N) is 4. The number of amides is 1. The van der Waals surface area contributed by atoms with Crippen LogP contribution in [0.2, 0.25) is 0 Å². The van der Waals surface area contributed by atoms with E-state index in [9.17, 15) is 4.79 Å². The first-order valence-corrected chi connectivity index (χ1v) is 11.5. The zero-order valence-electron chi connectivity index (χ0n) is 15.5. The molecule has 1 saturated heterocycles. The highest BCUT2D eigenvalue weighted by molar-refractivity contribution is 8.18. The predicted octanol–water partition coefficient (Wildman–Crippen LogP) is 5.80. The molecule has 9 heteroatoms. The Kier molecular flexibility index (Phi) is 5.07. The lowest BCUT2D eigenvalue weighted by Crippen LogP contribution is -2.29. The largest absolute Gasteiger partial charge is 0.454 e. The number of amidine groups is 1. The van der Waals surface area contributed by atoms with E-state index in [1.807, 2.05) is 41.8 Å². The number of benzene rings is 1. The Labute approximate surface area is 184 Å². The Hall–Kier alpha value is -3.01. The van der Waals surface area contributed by atoms with E-state index in [-0.39, 0.29) is 5.91 Å². The molecule has 0 unspecified atom stereocenters. The lowest BCUT2D eigenvalue weighted by molar-refractivity contribution is -0.121. The number of hydrogen-bond donors (Lipinski definition) is 0. The molecule has 0 bridgehead atoms. The predicted molar refractivity (Wildman–Crippen MR) is 124 cm³/mol. The molecule has 0 N–H and O–H groups in total. The molecule has 0 radical (unpaired) electrons. The normalized spacial score (nSPS) is 16.9. The van der Waals surface area contributed by atoms with Gasteiger partial charge < -0.3 is 4.42 Å². The third-order valence-electron chi connectivity index (χ3n) is 4.22. The second kappa shape index (κ2) is 8.02. The highest BCUT2D eigenvalue weighted by atomic mass is 32.2. The van der Waals surface area contributed by atoms with Gasteiger partial charge in [-0.15, -0.1) is 29.3 Å². The summed E-state index contributed by atoms with van der Waals surface area (Å²) in [6, 6.07) is 11.7. The first-order valence-electron chi connectivity index (χ1n) is 8.97. The lowest BCUT2D eigenvalue weighted by Gasteiger charge is -2.11. The van der Waals surface area contributed by atoms with E-state index in [4.69, 9.17) is 4.42 Å². The molecule has 1 fully saturated rings. The van der Waals surface area contributed by atoms with Crippen molar-refractivity contribution < 1.29 is 9.21 Å². The summed E-state index contributed by atoms with van der Waals surface area (Å²) in [4.78, 5) is 28.3. The summed E-state index contributed by atoms with van der Waals surface area (Å²) in [5.41, 5.74) is 0.943. The maximum atomic E-state index is 12.9. The van der Waals surface area contributed by atoms with Crippen LogP contribution in [0.3, 0.4) is 0 Å². The molecule has 0 saturated carbocycles. The summed E-state index contributed by atoms with van der Waals surface area (Å²) in [6.07, 6.45) is 5.10. The van der Waals surface area contributed by atoms with Crippen molar-refractivity contribution in [3.05, 3.63) is 71.3 Å². The van der Waals surface area contributed by atoms with Gasteiger partial charge in [0.15, 0.2) is 15.9 Å². The van der Waals surface area contributed by atoms with Crippen LogP contribution in [0.1, 0.15) is 5.76 Å². The standard InChI is InChI=1S/C21H14N4O2S3/c1-2-10-25-19(26)17(30-21(25)24-20-22-9-11-28-20)12-13-7-8-15(27-13)18-23-14-5-3-4-6-16(14)29-18/h2-9,11-12H,1,10H2/b17-12-,24-21+. The van der Waals surface area contributed by atoms with Crippen molar-refractivity contribution in [1.82, 2.24) is 14.9 Å². The van der Waals surface area contributed by atoms with Crippen molar-refractivity contribution >= 4 is 66.9 Å². The van der Waals surface area contributed by atoms with Crippen molar-refractivity contribution in [2.75, 3.05) is 6.54 Å². The fourth-order valence-electron chi connectivity index (χ4n) is 2.89. The van der Waals surface area contributed by atoms with Gasteiger partial charge in [0.1, 0.15) is 5.76 Å². The van der Waals surface area contributed by atoms with E-state index < -0.39 is 0 Å². The molecular formula is C21H14N4O2S3. The van der Waals surface area contributed by atoms with Gasteiger partial charge in [0.25, 0.3) is 5.91 Å². The molecular weight excluding hydrogens is 436 g/mol. The fraction of sp³-hybridized carbons (Fsp3) is 0.0476. The molecule has 1 aromatic carbocycles. The topological polar surface area (TPSA) is 71.6 Å². The molecule has 1 aliphatic rings. The summed E-state index contributed by atoms with van der Waals surface area (Å²) in [7, 11) is 0. The average molecular weight is 451 g/mol. The number of hydrogen-bond acceptors (Lipinski definition) is 8. The first-order chi connectivity index (χ1) is 14.7. The van der Waals surface area contributed by atoms with Gasteiger partial charge in [0.2, 0.25) is 5.13 Å². The van der Waals surface area contributed by atoms with Crippen LogP contribution in [0.4, 0.5) is 5.13 Å². The third-order valence-corrected chi connectivity index (χ3v) is 6.94. The Balaban J connectivity index is 1.44. The van der Waals surface area contributed by atoms with Crippen LogP contribution in [-0.4, -0.2) is 32.5 Å². The number of thioether (sulfide) groups is 1. The molecule has 4 heterocycles. The van der Waals surface area contributed by atoms with Gasteiger partial charge >= 0.3 is 0 Å². The van der Waals surface area contributed by atoms with Gasteiger partial charge in [0.05, 0.1) is 15.1 Å². The van der Waals surface area contributed by atoms with E-state index in [0.717, 1.165) is 15.2 Å². The molecule has 30 heavy (non-hydrogen) atoms. The van der Waals surface area contributed by atoms with Gasteiger partial charge in [-0.2, -0.15) is 4.99 Å².